The molecule has 1 saturated heterocycles. The molecule has 1 aliphatic heterocycles. The van der Waals surface area contributed by atoms with Crippen LogP contribution in [0.25, 0.3) is 0 Å². The maximum atomic E-state index is 12.6. The van der Waals surface area contributed by atoms with Crippen LogP contribution in [-0.2, 0) is 9.59 Å². The Morgan fingerprint density at radius 2 is 1.75 bits per heavy atom. The molecular weight excluding hydrogens is 252 g/mol. The molecule has 114 valence electrons. The van der Waals surface area contributed by atoms with Crippen molar-refractivity contribution < 1.29 is 9.59 Å². The average Bonchev–Trinajstić information content (AvgIpc) is 2.36. The van der Waals surface area contributed by atoms with E-state index in [1.54, 1.807) is 6.92 Å². The van der Waals surface area contributed by atoms with E-state index in [0.29, 0.717) is 5.92 Å². The molecule has 0 radical (unpaired) electrons. The van der Waals surface area contributed by atoms with Crippen LogP contribution in [0.2, 0.25) is 0 Å². The average molecular weight is 280 g/mol. The zero-order valence-corrected chi connectivity index (χ0v) is 13.3. The van der Waals surface area contributed by atoms with Crippen LogP contribution in [0.5, 0.6) is 0 Å². The first-order chi connectivity index (χ1) is 9.32. The van der Waals surface area contributed by atoms with Gasteiger partial charge in [-0.25, -0.2) is 0 Å². The number of hydrogen-bond acceptors (Lipinski definition) is 2. The van der Waals surface area contributed by atoms with Gasteiger partial charge in [-0.1, -0.05) is 27.7 Å². The molecule has 4 heteroatoms. The number of rotatable bonds is 2. The van der Waals surface area contributed by atoms with E-state index in [1.807, 2.05) is 18.7 Å². The molecule has 1 N–H and O–H groups in total. The lowest BCUT2D eigenvalue weighted by Crippen LogP contribution is -2.66. The second kappa shape index (κ2) is 5.74. The van der Waals surface area contributed by atoms with Gasteiger partial charge in [-0.05, 0) is 43.9 Å². The topological polar surface area (TPSA) is 49.4 Å². The monoisotopic (exact) mass is 280 g/mol. The minimum Gasteiger partial charge on any atom is -0.343 e. The third kappa shape index (κ3) is 2.70. The molecule has 0 spiro atoms. The van der Waals surface area contributed by atoms with Gasteiger partial charge in [0.05, 0.1) is 0 Å². The van der Waals surface area contributed by atoms with Crippen LogP contribution in [0.4, 0.5) is 0 Å². The fraction of sp³-hybridized carbons (Fsp3) is 0.875. The Morgan fingerprint density at radius 1 is 1.10 bits per heavy atom. The van der Waals surface area contributed by atoms with Crippen molar-refractivity contribution in [2.75, 3.05) is 0 Å². The number of piperazine rings is 1. The maximum absolute atomic E-state index is 12.6. The van der Waals surface area contributed by atoms with E-state index in [-0.39, 0.29) is 35.9 Å². The predicted octanol–water partition coefficient (Wildman–Crippen LogP) is 2.18. The lowest BCUT2D eigenvalue weighted by Gasteiger charge is -2.47. The van der Waals surface area contributed by atoms with Crippen molar-refractivity contribution in [3.63, 3.8) is 0 Å². The van der Waals surface area contributed by atoms with Crippen LogP contribution < -0.4 is 5.32 Å². The highest BCUT2D eigenvalue weighted by Gasteiger charge is 2.44. The Morgan fingerprint density at radius 3 is 2.30 bits per heavy atom. The molecule has 2 rings (SSSR count). The van der Waals surface area contributed by atoms with Crippen molar-refractivity contribution in [1.29, 1.82) is 0 Å². The van der Waals surface area contributed by atoms with Crippen molar-refractivity contribution >= 4 is 11.8 Å². The molecule has 20 heavy (non-hydrogen) atoms. The van der Waals surface area contributed by atoms with Crippen molar-refractivity contribution in [2.24, 2.45) is 17.8 Å². The molecule has 2 fully saturated rings. The first kappa shape index (κ1) is 15.3. The van der Waals surface area contributed by atoms with E-state index < -0.39 is 0 Å². The van der Waals surface area contributed by atoms with Gasteiger partial charge in [0.15, 0.2) is 0 Å². The molecule has 0 aromatic rings. The molecular formula is C16H28N2O2. The van der Waals surface area contributed by atoms with Gasteiger partial charge in [-0.2, -0.15) is 0 Å². The zero-order valence-electron chi connectivity index (χ0n) is 13.3. The minimum atomic E-state index is -0.382. The molecule has 5 atom stereocenters. The summed E-state index contributed by atoms with van der Waals surface area (Å²) in [5, 5.41) is 2.82. The number of carbonyl (C=O) groups is 2. The Kier molecular flexibility index (Phi) is 4.40. The van der Waals surface area contributed by atoms with Crippen molar-refractivity contribution in [1.82, 2.24) is 10.2 Å². The van der Waals surface area contributed by atoms with Gasteiger partial charge in [0.2, 0.25) is 11.8 Å². The van der Waals surface area contributed by atoms with E-state index in [1.165, 1.54) is 0 Å². The van der Waals surface area contributed by atoms with Crippen molar-refractivity contribution in [2.45, 2.75) is 72.0 Å². The third-order valence-corrected chi connectivity index (χ3v) is 5.15. The van der Waals surface area contributed by atoms with Gasteiger partial charge in [0, 0.05) is 6.04 Å². The number of amides is 2. The molecule has 1 saturated carbocycles. The second-order valence-electron chi connectivity index (χ2n) is 7.09. The summed E-state index contributed by atoms with van der Waals surface area (Å²) in [7, 11) is 0. The summed E-state index contributed by atoms with van der Waals surface area (Å²) in [5.41, 5.74) is 0. The first-order valence-electron chi connectivity index (χ1n) is 7.95. The van der Waals surface area contributed by atoms with Crippen molar-refractivity contribution in [3.8, 4) is 0 Å². The summed E-state index contributed by atoms with van der Waals surface area (Å²) in [6, 6.07) is -0.453. The lowest BCUT2D eigenvalue weighted by atomic mass is 9.77. The summed E-state index contributed by atoms with van der Waals surface area (Å²) in [6.07, 6.45) is 3.20. The summed E-state index contributed by atoms with van der Waals surface area (Å²) < 4.78 is 0. The standard InChI is InChI=1S/C16H28N2O2/c1-9(2)14-15(19)17-12(5)16(20)18(14)13-7-6-10(3)11(4)8-13/h9-14H,6-8H2,1-5H3,(H,17,19). The van der Waals surface area contributed by atoms with Gasteiger partial charge >= 0.3 is 0 Å². The van der Waals surface area contributed by atoms with Gasteiger partial charge in [-0.3, -0.25) is 9.59 Å². The predicted molar refractivity (Wildman–Crippen MR) is 79.0 cm³/mol. The Labute approximate surface area is 122 Å². The van der Waals surface area contributed by atoms with Crippen LogP contribution >= 0.6 is 0 Å². The highest BCUT2D eigenvalue weighted by molar-refractivity contribution is 5.97. The van der Waals surface area contributed by atoms with E-state index in [9.17, 15) is 9.59 Å². The molecule has 2 amide bonds. The van der Waals surface area contributed by atoms with Crippen LogP contribution in [0.15, 0.2) is 0 Å². The molecule has 0 bridgehead atoms. The van der Waals surface area contributed by atoms with Crippen LogP contribution in [0.3, 0.4) is 0 Å². The molecule has 0 aromatic carbocycles. The van der Waals surface area contributed by atoms with Gasteiger partial charge in [0.25, 0.3) is 0 Å². The van der Waals surface area contributed by atoms with Gasteiger partial charge < -0.3 is 10.2 Å². The summed E-state index contributed by atoms with van der Waals surface area (Å²) >= 11 is 0. The zero-order chi connectivity index (χ0) is 15.0. The Bertz CT molecular complexity index is 394. The first-order valence-corrected chi connectivity index (χ1v) is 7.95. The Balaban J connectivity index is 2.24. The quantitative estimate of drug-likeness (QED) is 0.843. The highest BCUT2D eigenvalue weighted by atomic mass is 16.2. The lowest BCUT2D eigenvalue weighted by molar-refractivity contribution is -0.155. The van der Waals surface area contributed by atoms with Gasteiger partial charge in [-0.15, -0.1) is 0 Å². The second-order valence-corrected chi connectivity index (χ2v) is 7.09. The van der Waals surface area contributed by atoms with Gasteiger partial charge in [0.1, 0.15) is 12.1 Å². The molecule has 4 nitrogen and oxygen atoms in total. The summed E-state index contributed by atoms with van der Waals surface area (Å²) in [4.78, 5) is 26.8. The summed E-state index contributed by atoms with van der Waals surface area (Å²) in [5.74, 6) is 1.60. The number of carbonyl (C=O) groups excluding carboxylic acids is 2. The Hall–Kier alpha value is -1.06. The normalized spacial score (nSPS) is 39.1. The van der Waals surface area contributed by atoms with E-state index in [0.717, 1.165) is 25.2 Å². The highest BCUT2D eigenvalue weighted by Crippen LogP contribution is 2.35. The number of hydrogen-bond donors (Lipinski definition) is 1. The maximum Gasteiger partial charge on any atom is 0.245 e. The van der Waals surface area contributed by atoms with Crippen LogP contribution in [0, 0.1) is 17.8 Å². The largest absolute Gasteiger partial charge is 0.343 e. The molecule has 5 unspecified atom stereocenters. The molecule has 0 aromatic heterocycles. The fourth-order valence-electron chi connectivity index (χ4n) is 3.65. The fourth-order valence-corrected chi connectivity index (χ4v) is 3.65. The smallest absolute Gasteiger partial charge is 0.245 e. The van der Waals surface area contributed by atoms with Crippen molar-refractivity contribution in [3.05, 3.63) is 0 Å². The van der Waals surface area contributed by atoms with Crippen LogP contribution in [0.1, 0.15) is 53.9 Å². The number of nitrogens with one attached hydrogen (secondary N) is 1. The minimum absolute atomic E-state index is 0.0124. The number of nitrogens with zero attached hydrogens (tertiary/aromatic N) is 1. The summed E-state index contributed by atoms with van der Waals surface area (Å²) in [6.45, 7) is 10.4. The third-order valence-electron chi connectivity index (χ3n) is 5.15. The molecule has 1 aliphatic carbocycles. The SMILES string of the molecule is CC1NC(=O)C(C(C)C)N(C2CCC(C)C(C)C2)C1=O. The van der Waals surface area contributed by atoms with E-state index in [2.05, 4.69) is 19.2 Å². The van der Waals surface area contributed by atoms with Crippen LogP contribution in [-0.4, -0.2) is 34.8 Å². The molecule has 1 heterocycles. The van der Waals surface area contributed by atoms with E-state index in [4.69, 9.17) is 0 Å². The van der Waals surface area contributed by atoms with E-state index >= 15 is 0 Å². The molecule has 2 aliphatic rings.